The first-order valence-corrected chi connectivity index (χ1v) is 10.7. The minimum atomic E-state index is -0.00315. The lowest BCUT2D eigenvalue weighted by Gasteiger charge is -2.05. The lowest BCUT2D eigenvalue weighted by Crippen LogP contribution is -2.01. The standard InChI is InChI=1S/C18H14Cl2N2O3S2/c1-26-13-5-2-11(3-6-13)15(23)10-27-18-22-21-17(25-18)9-24-16-7-4-12(19)8-14(16)20/h2-8H,9-10H2,1H3. The molecular weight excluding hydrogens is 427 g/mol. The van der Waals surface area contributed by atoms with Crippen LogP contribution >= 0.6 is 46.7 Å². The predicted molar refractivity (Wildman–Crippen MR) is 108 cm³/mol. The van der Waals surface area contributed by atoms with Crippen LogP contribution in [0.2, 0.25) is 10.0 Å². The molecule has 140 valence electrons. The van der Waals surface area contributed by atoms with Gasteiger partial charge in [0.25, 0.3) is 11.1 Å². The Morgan fingerprint density at radius 1 is 1.15 bits per heavy atom. The van der Waals surface area contributed by atoms with Gasteiger partial charge in [-0.1, -0.05) is 47.1 Å². The van der Waals surface area contributed by atoms with Gasteiger partial charge >= 0.3 is 0 Å². The van der Waals surface area contributed by atoms with E-state index >= 15 is 0 Å². The smallest absolute Gasteiger partial charge is 0.277 e. The molecule has 0 radical (unpaired) electrons. The first kappa shape index (κ1) is 20.1. The first-order chi connectivity index (χ1) is 13.0. The van der Waals surface area contributed by atoms with Gasteiger partial charge in [-0.3, -0.25) is 4.79 Å². The molecule has 0 atom stereocenters. The van der Waals surface area contributed by atoms with E-state index in [1.807, 2.05) is 30.5 Å². The van der Waals surface area contributed by atoms with Crippen LogP contribution in [0, 0.1) is 0 Å². The molecule has 0 saturated carbocycles. The molecule has 0 spiro atoms. The number of thioether (sulfide) groups is 2. The van der Waals surface area contributed by atoms with E-state index in [0.29, 0.717) is 32.5 Å². The Bertz CT molecular complexity index is 933. The molecule has 1 aromatic heterocycles. The number of Topliss-reactive ketones (excluding diaryl/α,β-unsaturated/α-hetero) is 1. The van der Waals surface area contributed by atoms with Crippen LogP contribution in [-0.4, -0.2) is 28.0 Å². The monoisotopic (exact) mass is 440 g/mol. The molecule has 5 nitrogen and oxygen atoms in total. The lowest BCUT2D eigenvalue weighted by molar-refractivity contribution is 0.102. The number of hydrogen-bond acceptors (Lipinski definition) is 7. The molecule has 0 amide bonds. The number of carbonyl (C=O) groups excluding carboxylic acids is 1. The van der Waals surface area contributed by atoms with Gasteiger partial charge in [-0.15, -0.1) is 22.0 Å². The number of halogens is 2. The molecule has 0 aliphatic heterocycles. The molecule has 9 heteroatoms. The molecule has 0 saturated heterocycles. The lowest BCUT2D eigenvalue weighted by atomic mass is 10.1. The van der Waals surface area contributed by atoms with Gasteiger partial charge in [0.1, 0.15) is 5.75 Å². The highest BCUT2D eigenvalue weighted by atomic mass is 35.5. The molecule has 0 unspecified atom stereocenters. The third-order valence-corrected chi connectivity index (χ3v) is 5.52. The number of aromatic nitrogens is 2. The maximum Gasteiger partial charge on any atom is 0.277 e. The number of rotatable bonds is 8. The van der Waals surface area contributed by atoms with E-state index in [2.05, 4.69) is 10.2 Å². The van der Waals surface area contributed by atoms with Crippen molar-refractivity contribution >= 4 is 52.5 Å². The van der Waals surface area contributed by atoms with Gasteiger partial charge in [0.15, 0.2) is 12.4 Å². The van der Waals surface area contributed by atoms with Crippen molar-refractivity contribution in [3.05, 3.63) is 64.0 Å². The van der Waals surface area contributed by atoms with Crippen LogP contribution in [0.25, 0.3) is 0 Å². The molecule has 3 aromatic rings. The second-order valence-electron chi connectivity index (χ2n) is 5.27. The quantitative estimate of drug-likeness (QED) is 0.331. The Morgan fingerprint density at radius 3 is 2.63 bits per heavy atom. The number of nitrogens with zero attached hydrogens (tertiary/aromatic N) is 2. The third kappa shape index (κ3) is 5.65. The zero-order valence-electron chi connectivity index (χ0n) is 14.1. The maximum absolute atomic E-state index is 12.2. The zero-order chi connectivity index (χ0) is 19.2. The SMILES string of the molecule is CSc1ccc(C(=O)CSc2nnc(COc3ccc(Cl)cc3Cl)o2)cc1. The van der Waals surface area contributed by atoms with Gasteiger partial charge in [0, 0.05) is 15.5 Å². The largest absolute Gasteiger partial charge is 0.482 e. The van der Waals surface area contributed by atoms with Crippen LogP contribution in [0.5, 0.6) is 5.75 Å². The van der Waals surface area contributed by atoms with E-state index in [1.165, 1.54) is 11.8 Å². The maximum atomic E-state index is 12.2. The van der Waals surface area contributed by atoms with Crippen LogP contribution in [0.1, 0.15) is 16.2 Å². The Kier molecular flexibility index (Phi) is 7.07. The van der Waals surface area contributed by atoms with E-state index in [4.69, 9.17) is 32.4 Å². The molecule has 0 bridgehead atoms. The summed E-state index contributed by atoms with van der Waals surface area (Å²) in [4.78, 5) is 13.3. The summed E-state index contributed by atoms with van der Waals surface area (Å²) in [7, 11) is 0. The topological polar surface area (TPSA) is 65.2 Å². The van der Waals surface area contributed by atoms with Crippen molar-refractivity contribution in [2.24, 2.45) is 0 Å². The van der Waals surface area contributed by atoms with Crippen molar-refractivity contribution in [1.29, 1.82) is 0 Å². The summed E-state index contributed by atoms with van der Waals surface area (Å²) in [6.45, 7) is 0.0685. The van der Waals surface area contributed by atoms with Crippen molar-refractivity contribution < 1.29 is 13.9 Å². The molecule has 3 rings (SSSR count). The van der Waals surface area contributed by atoms with Gasteiger partial charge in [-0.25, -0.2) is 0 Å². The summed E-state index contributed by atoms with van der Waals surface area (Å²) < 4.78 is 11.0. The van der Waals surface area contributed by atoms with E-state index in [9.17, 15) is 4.79 Å². The van der Waals surface area contributed by atoms with Crippen LogP contribution < -0.4 is 4.74 Å². The average Bonchev–Trinajstić information content (AvgIpc) is 3.13. The minimum Gasteiger partial charge on any atom is -0.482 e. The summed E-state index contributed by atoms with van der Waals surface area (Å²) in [5.41, 5.74) is 0.653. The fourth-order valence-electron chi connectivity index (χ4n) is 2.07. The molecule has 2 aromatic carbocycles. The van der Waals surface area contributed by atoms with Crippen molar-refractivity contribution in [1.82, 2.24) is 10.2 Å². The second kappa shape index (κ2) is 9.50. The van der Waals surface area contributed by atoms with Crippen molar-refractivity contribution in [2.45, 2.75) is 16.7 Å². The molecule has 0 fully saturated rings. The molecular formula is C18H14Cl2N2O3S2. The second-order valence-corrected chi connectivity index (χ2v) is 7.92. The van der Waals surface area contributed by atoms with Gasteiger partial charge in [-0.05, 0) is 36.6 Å². The summed E-state index contributed by atoms with van der Waals surface area (Å²) in [5, 5.41) is 9.05. The Labute approximate surface area is 174 Å². The summed E-state index contributed by atoms with van der Waals surface area (Å²) >= 11 is 14.7. The molecule has 1 heterocycles. The number of benzene rings is 2. The number of hydrogen-bond donors (Lipinski definition) is 0. The molecule has 0 aliphatic rings. The van der Waals surface area contributed by atoms with Gasteiger partial charge in [-0.2, -0.15) is 0 Å². The highest BCUT2D eigenvalue weighted by molar-refractivity contribution is 7.99. The molecule has 27 heavy (non-hydrogen) atoms. The van der Waals surface area contributed by atoms with Crippen LogP contribution in [0.15, 0.2) is 57.0 Å². The van der Waals surface area contributed by atoms with Crippen molar-refractivity contribution in [3.8, 4) is 5.75 Å². The zero-order valence-corrected chi connectivity index (χ0v) is 17.3. The normalized spacial score (nSPS) is 10.8. The Balaban J connectivity index is 1.52. The number of carbonyl (C=O) groups is 1. The van der Waals surface area contributed by atoms with Crippen molar-refractivity contribution in [3.63, 3.8) is 0 Å². The first-order valence-electron chi connectivity index (χ1n) is 7.75. The van der Waals surface area contributed by atoms with Crippen molar-refractivity contribution in [2.75, 3.05) is 12.0 Å². The average molecular weight is 441 g/mol. The van der Waals surface area contributed by atoms with Gasteiger partial charge in [0.05, 0.1) is 10.8 Å². The van der Waals surface area contributed by atoms with Crippen LogP contribution in [-0.2, 0) is 6.61 Å². The summed E-state index contributed by atoms with van der Waals surface area (Å²) in [5.74, 6) is 0.971. The predicted octanol–water partition coefficient (Wildman–Crippen LogP) is 5.65. The fourth-order valence-corrected chi connectivity index (χ4v) is 3.62. The van der Waals surface area contributed by atoms with E-state index in [-0.39, 0.29) is 18.1 Å². The Hall–Kier alpha value is -1.67. The molecule has 0 N–H and O–H groups in total. The highest BCUT2D eigenvalue weighted by Gasteiger charge is 2.12. The molecule has 0 aliphatic carbocycles. The highest BCUT2D eigenvalue weighted by Crippen LogP contribution is 2.28. The summed E-state index contributed by atoms with van der Waals surface area (Å²) in [6.07, 6.45) is 1.99. The minimum absolute atomic E-state index is 0.00315. The number of ketones is 1. The van der Waals surface area contributed by atoms with E-state index < -0.39 is 0 Å². The van der Waals surface area contributed by atoms with Crippen LogP contribution in [0.3, 0.4) is 0 Å². The van der Waals surface area contributed by atoms with Gasteiger partial charge in [0.2, 0.25) is 0 Å². The van der Waals surface area contributed by atoms with E-state index in [0.717, 1.165) is 4.90 Å². The summed E-state index contributed by atoms with van der Waals surface area (Å²) in [6, 6.07) is 12.4. The number of ether oxygens (including phenoxy) is 1. The van der Waals surface area contributed by atoms with Crippen LogP contribution in [0.4, 0.5) is 0 Å². The van der Waals surface area contributed by atoms with Gasteiger partial charge < -0.3 is 9.15 Å². The Morgan fingerprint density at radius 2 is 1.93 bits per heavy atom. The van der Waals surface area contributed by atoms with E-state index in [1.54, 1.807) is 30.0 Å². The third-order valence-electron chi connectivity index (χ3n) is 3.43. The fraction of sp³-hybridized carbons (Fsp3) is 0.167.